The molecule has 29 heavy (non-hydrogen) atoms. The number of nitrogens with zero attached hydrogens (tertiary/aromatic N) is 3. The predicted octanol–water partition coefficient (Wildman–Crippen LogP) is 6.01. The highest BCUT2D eigenvalue weighted by atomic mass is 35.5. The summed E-state index contributed by atoms with van der Waals surface area (Å²) >= 11 is 13.4. The minimum absolute atomic E-state index is 0.170. The van der Waals surface area contributed by atoms with Crippen molar-refractivity contribution >= 4 is 46.6 Å². The van der Waals surface area contributed by atoms with Crippen LogP contribution in [0.15, 0.2) is 36.0 Å². The van der Waals surface area contributed by atoms with Gasteiger partial charge in [0.2, 0.25) is 5.91 Å². The molecule has 1 fully saturated rings. The molecule has 1 aliphatic rings. The van der Waals surface area contributed by atoms with Crippen molar-refractivity contribution in [1.82, 2.24) is 14.8 Å². The number of anilines is 1. The molecule has 1 aromatic heterocycles. The molecule has 1 amide bonds. The molecule has 3 rings (SSSR count). The maximum Gasteiger partial charge on any atom is 0.234 e. The average molecular weight is 453 g/mol. The summed E-state index contributed by atoms with van der Waals surface area (Å²) in [5.41, 5.74) is 0.505. The zero-order valence-corrected chi connectivity index (χ0v) is 18.7. The van der Waals surface area contributed by atoms with Gasteiger partial charge in [-0.2, -0.15) is 0 Å². The molecular formula is C21H26Cl2N4OS. The first kappa shape index (κ1) is 22.2. The smallest absolute Gasteiger partial charge is 0.234 e. The Bertz CT molecular complexity index is 849. The largest absolute Gasteiger partial charge is 0.324 e. The number of halogens is 2. The number of aromatic nitrogens is 3. The van der Waals surface area contributed by atoms with Crippen molar-refractivity contribution in [2.24, 2.45) is 5.92 Å². The van der Waals surface area contributed by atoms with E-state index in [9.17, 15) is 4.79 Å². The number of nitrogens with one attached hydrogen (secondary N) is 1. The van der Waals surface area contributed by atoms with Gasteiger partial charge >= 0.3 is 0 Å². The van der Waals surface area contributed by atoms with E-state index < -0.39 is 0 Å². The van der Waals surface area contributed by atoms with E-state index in [0.29, 0.717) is 22.3 Å². The molecule has 1 aliphatic carbocycles. The zero-order valence-electron chi connectivity index (χ0n) is 16.4. The third-order valence-electron chi connectivity index (χ3n) is 5.14. The van der Waals surface area contributed by atoms with Crippen molar-refractivity contribution in [3.05, 3.63) is 46.7 Å². The lowest BCUT2D eigenvalue weighted by Gasteiger charge is -2.21. The van der Waals surface area contributed by atoms with Crippen molar-refractivity contribution in [3.8, 4) is 0 Å². The normalized spacial score (nSPS) is 14.7. The first-order valence-electron chi connectivity index (χ1n) is 9.97. The van der Waals surface area contributed by atoms with Crippen LogP contribution in [-0.4, -0.2) is 26.4 Å². The molecule has 1 aromatic carbocycles. The second kappa shape index (κ2) is 11.0. The Kier molecular flexibility index (Phi) is 8.45. The number of benzene rings is 1. The highest BCUT2D eigenvalue weighted by molar-refractivity contribution is 7.99. The Morgan fingerprint density at radius 2 is 2.07 bits per heavy atom. The maximum absolute atomic E-state index is 12.3. The van der Waals surface area contributed by atoms with Crippen LogP contribution in [0.4, 0.5) is 5.69 Å². The number of aryl methyl sites for hydroxylation is 1. The van der Waals surface area contributed by atoms with E-state index in [-0.39, 0.29) is 11.7 Å². The van der Waals surface area contributed by atoms with Gasteiger partial charge in [-0.3, -0.25) is 4.79 Å². The Labute approximate surface area is 186 Å². The molecule has 1 N–H and O–H groups in total. The standard InChI is InChI=1S/C21H26Cl2N4OS/c1-2-12-27-19(11-8-15-6-4-3-5-7-15)25-26-21(27)29-14-20(28)24-18-13-16(22)9-10-17(18)23/h2,9-10,13,15H,1,3-8,11-12,14H2,(H,24,28). The van der Waals surface area contributed by atoms with Crippen molar-refractivity contribution in [3.63, 3.8) is 0 Å². The van der Waals surface area contributed by atoms with Gasteiger partial charge in [0.15, 0.2) is 5.16 Å². The topological polar surface area (TPSA) is 59.8 Å². The van der Waals surface area contributed by atoms with Crippen molar-refractivity contribution in [1.29, 1.82) is 0 Å². The van der Waals surface area contributed by atoms with E-state index in [1.165, 1.54) is 43.9 Å². The van der Waals surface area contributed by atoms with Crippen molar-refractivity contribution in [2.75, 3.05) is 11.1 Å². The number of rotatable bonds is 9. The third-order valence-corrected chi connectivity index (χ3v) is 6.67. The number of thioether (sulfide) groups is 1. The lowest BCUT2D eigenvalue weighted by atomic mass is 9.86. The monoisotopic (exact) mass is 452 g/mol. The van der Waals surface area contributed by atoms with Crippen LogP contribution in [0.25, 0.3) is 0 Å². The summed E-state index contributed by atoms with van der Waals surface area (Å²) in [6.07, 6.45) is 10.6. The first-order chi connectivity index (χ1) is 14.1. The molecule has 0 bridgehead atoms. The van der Waals surface area contributed by atoms with Gasteiger partial charge in [-0.05, 0) is 30.5 Å². The fraction of sp³-hybridized carbons (Fsp3) is 0.476. The van der Waals surface area contributed by atoms with E-state index >= 15 is 0 Å². The lowest BCUT2D eigenvalue weighted by Crippen LogP contribution is -2.15. The van der Waals surface area contributed by atoms with Crippen LogP contribution < -0.4 is 5.32 Å². The molecular weight excluding hydrogens is 427 g/mol. The minimum atomic E-state index is -0.170. The van der Waals surface area contributed by atoms with Gasteiger partial charge in [0.25, 0.3) is 0 Å². The van der Waals surface area contributed by atoms with Crippen LogP contribution in [0.5, 0.6) is 0 Å². The molecule has 0 unspecified atom stereocenters. The number of hydrogen-bond donors (Lipinski definition) is 1. The van der Waals surface area contributed by atoms with Crippen LogP contribution in [0.1, 0.15) is 44.3 Å². The Morgan fingerprint density at radius 1 is 1.28 bits per heavy atom. The molecule has 1 saturated carbocycles. The van der Waals surface area contributed by atoms with E-state index in [2.05, 4.69) is 26.7 Å². The van der Waals surface area contributed by atoms with E-state index in [1.54, 1.807) is 18.2 Å². The Hall–Kier alpha value is -1.50. The molecule has 0 saturated heterocycles. The second-order valence-electron chi connectivity index (χ2n) is 7.30. The number of carbonyl (C=O) groups excluding carboxylic acids is 1. The number of allylic oxidation sites excluding steroid dienone is 1. The highest BCUT2D eigenvalue weighted by Crippen LogP contribution is 2.28. The zero-order chi connectivity index (χ0) is 20.6. The third kappa shape index (κ3) is 6.49. The highest BCUT2D eigenvalue weighted by Gasteiger charge is 2.17. The molecule has 2 aromatic rings. The molecule has 5 nitrogen and oxygen atoms in total. The fourth-order valence-electron chi connectivity index (χ4n) is 3.64. The summed E-state index contributed by atoms with van der Waals surface area (Å²) < 4.78 is 2.06. The van der Waals surface area contributed by atoms with Gasteiger partial charge in [-0.15, -0.1) is 16.8 Å². The number of amides is 1. The van der Waals surface area contributed by atoms with Crippen molar-refractivity contribution in [2.45, 2.75) is 56.6 Å². The lowest BCUT2D eigenvalue weighted by molar-refractivity contribution is -0.113. The van der Waals surface area contributed by atoms with Crippen LogP contribution in [0.3, 0.4) is 0 Å². The van der Waals surface area contributed by atoms with Gasteiger partial charge < -0.3 is 9.88 Å². The molecule has 0 radical (unpaired) electrons. The van der Waals surface area contributed by atoms with E-state index in [1.807, 2.05) is 6.08 Å². The van der Waals surface area contributed by atoms with Gasteiger partial charge in [-0.25, -0.2) is 0 Å². The summed E-state index contributed by atoms with van der Waals surface area (Å²) in [6.45, 7) is 4.48. The second-order valence-corrected chi connectivity index (χ2v) is 9.09. The van der Waals surface area contributed by atoms with Crippen LogP contribution in [-0.2, 0) is 17.8 Å². The van der Waals surface area contributed by atoms with Crippen molar-refractivity contribution < 1.29 is 4.79 Å². The average Bonchev–Trinajstić information content (AvgIpc) is 3.10. The maximum atomic E-state index is 12.3. The first-order valence-corrected chi connectivity index (χ1v) is 11.7. The van der Waals surface area contributed by atoms with Gasteiger partial charge in [-0.1, -0.05) is 73.1 Å². The molecule has 1 heterocycles. The summed E-state index contributed by atoms with van der Waals surface area (Å²) in [6, 6.07) is 4.98. The fourth-order valence-corrected chi connectivity index (χ4v) is 4.75. The Morgan fingerprint density at radius 3 is 2.83 bits per heavy atom. The van der Waals surface area contributed by atoms with Crippen LogP contribution in [0.2, 0.25) is 10.0 Å². The summed E-state index contributed by atoms with van der Waals surface area (Å²) in [5, 5.41) is 13.2. The predicted molar refractivity (Wildman–Crippen MR) is 121 cm³/mol. The van der Waals surface area contributed by atoms with Crippen LogP contribution in [0, 0.1) is 5.92 Å². The number of carbonyl (C=O) groups is 1. The molecule has 156 valence electrons. The number of hydrogen-bond acceptors (Lipinski definition) is 4. The minimum Gasteiger partial charge on any atom is -0.324 e. The van der Waals surface area contributed by atoms with Gasteiger partial charge in [0.05, 0.1) is 16.5 Å². The summed E-state index contributed by atoms with van der Waals surface area (Å²) in [5.74, 6) is 1.80. The molecule has 8 heteroatoms. The molecule has 0 spiro atoms. The molecule has 0 atom stereocenters. The SMILES string of the molecule is C=CCn1c(CCC2CCCCC2)nnc1SCC(=O)Nc1cc(Cl)ccc1Cl. The summed E-state index contributed by atoms with van der Waals surface area (Å²) in [4.78, 5) is 12.3. The van der Waals surface area contributed by atoms with Gasteiger partial charge in [0, 0.05) is 18.0 Å². The summed E-state index contributed by atoms with van der Waals surface area (Å²) in [7, 11) is 0. The van der Waals surface area contributed by atoms with E-state index in [4.69, 9.17) is 23.2 Å². The Balaban J connectivity index is 1.58. The van der Waals surface area contributed by atoms with Crippen LogP contribution >= 0.6 is 35.0 Å². The van der Waals surface area contributed by atoms with E-state index in [0.717, 1.165) is 29.7 Å². The molecule has 0 aliphatic heterocycles. The van der Waals surface area contributed by atoms with Gasteiger partial charge in [0.1, 0.15) is 5.82 Å². The quantitative estimate of drug-likeness (QED) is 0.373.